The van der Waals surface area contributed by atoms with Gasteiger partial charge >= 0.3 is 0 Å². The van der Waals surface area contributed by atoms with Crippen LogP contribution in [0.25, 0.3) is 10.9 Å². The van der Waals surface area contributed by atoms with Crippen LogP contribution in [0.15, 0.2) is 54.7 Å². The highest BCUT2D eigenvalue weighted by Gasteiger charge is 2.29. The maximum atomic E-state index is 12.4. The number of hydrogen-bond acceptors (Lipinski definition) is 5. The van der Waals surface area contributed by atoms with Crippen LogP contribution < -0.4 is 15.0 Å². The summed E-state index contributed by atoms with van der Waals surface area (Å²) in [5, 5.41) is 15.0. The molecule has 2 heterocycles. The number of nitrogens with one attached hydrogen (secondary N) is 1. The van der Waals surface area contributed by atoms with Crippen molar-refractivity contribution in [2.75, 3.05) is 24.6 Å². The molecule has 0 radical (unpaired) electrons. The van der Waals surface area contributed by atoms with E-state index in [0.29, 0.717) is 12.3 Å². The Morgan fingerprint density at radius 1 is 1.20 bits per heavy atom. The topological polar surface area (TPSA) is 107 Å². The predicted molar refractivity (Wildman–Crippen MR) is 111 cm³/mol. The van der Waals surface area contributed by atoms with Crippen molar-refractivity contribution < 1.29 is 19.2 Å². The SMILES string of the molecule is O=C(CN1C(=O)COc2ccc([N+](=O)[O-])cc21)NCCCn1ccc2ccccc21. The van der Waals surface area contributed by atoms with Gasteiger partial charge < -0.3 is 14.6 Å². The van der Waals surface area contributed by atoms with E-state index in [9.17, 15) is 19.7 Å². The van der Waals surface area contributed by atoms with Gasteiger partial charge in [-0.15, -0.1) is 0 Å². The van der Waals surface area contributed by atoms with Crippen molar-refractivity contribution in [1.82, 2.24) is 9.88 Å². The molecule has 0 saturated carbocycles. The number of fused-ring (bicyclic) bond motifs is 2. The van der Waals surface area contributed by atoms with Gasteiger partial charge in [0.1, 0.15) is 12.3 Å². The third-order valence-corrected chi connectivity index (χ3v) is 4.98. The van der Waals surface area contributed by atoms with Crippen LogP contribution in [0.1, 0.15) is 6.42 Å². The zero-order valence-electron chi connectivity index (χ0n) is 16.1. The second kappa shape index (κ2) is 8.24. The number of non-ortho nitro benzene ring substituents is 1. The number of nitrogens with zero attached hydrogens (tertiary/aromatic N) is 3. The van der Waals surface area contributed by atoms with Crippen molar-refractivity contribution in [2.24, 2.45) is 0 Å². The molecule has 0 unspecified atom stereocenters. The van der Waals surface area contributed by atoms with E-state index < -0.39 is 10.8 Å². The number of carbonyl (C=O) groups excluding carboxylic acids is 2. The van der Waals surface area contributed by atoms with Crippen molar-refractivity contribution >= 4 is 34.1 Å². The van der Waals surface area contributed by atoms with Crippen LogP contribution in [0.3, 0.4) is 0 Å². The average Bonchev–Trinajstić information content (AvgIpc) is 3.16. The third kappa shape index (κ3) is 3.95. The molecule has 154 valence electrons. The molecule has 0 saturated heterocycles. The van der Waals surface area contributed by atoms with Gasteiger partial charge in [-0.1, -0.05) is 18.2 Å². The van der Waals surface area contributed by atoms with E-state index in [2.05, 4.69) is 28.1 Å². The van der Waals surface area contributed by atoms with Gasteiger partial charge in [0.05, 0.1) is 10.6 Å². The number of aromatic nitrogens is 1. The molecular formula is C21H20N4O5. The lowest BCUT2D eigenvalue weighted by atomic mass is 10.2. The second-order valence-corrected chi connectivity index (χ2v) is 6.95. The maximum Gasteiger partial charge on any atom is 0.271 e. The van der Waals surface area contributed by atoms with Gasteiger partial charge in [0.15, 0.2) is 6.61 Å². The summed E-state index contributed by atoms with van der Waals surface area (Å²) in [4.78, 5) is 36.3. The van der Waals surface area contributed by atoms with Crippen molar-refractivity contribution in [2.45, 2.75) is 13.0 Å². The van der Waals surface area contributed by atoms with Gasteiger partial charge in [-0.05, 0) is 30.0 Å². The molecule has 2 aromatic carbocycles. The van der Waals surface area contributed by atoms with Gasteiger partial charge in [-0.2, -0.15) is 0 Å². The number of nitro groups is 1. The minimum Gasteiger partial charge on any atom is -0.482 e. The number of nitro benzene ring substituents is 1. The number of ether oxygens (including phenoxy) is 1. The largest absolute Gasteiger partial charge is 0.482 e. The Labute approximate surface area is 172 Å². The molecule has 4 rings (SSSR count). The summed E-state index contributed by atoms with van der Waals surface area (Å²) in [6.45, 7) is 0.770. The Hall–Kier alpha value is -3.88. The van der Waals surface area contributed by atoms with Gasteiger partial charge in [0.25, 0.3) is 11.6 Å². The van der Waals surface area contributed by atoms with E-state index in [-0.39, 0.29) is 30.4 Å². The van der Waals surface area contributed by atoms with E-state index in [4.69, 9.17) is 4.74 Å². The van der Waals surface area contributed by atoms with Crippen LogP contribution in [-0.4, -0.2) is 41.0 Å². The maximum absolute atomic E-state index is 12.4. The van der Waals surface area contributed by atoms with E-state index >= 15 is 0 Å². The standard InChI is InChI=1S/C21H20N4O5/c26-20(22-9-3-10-23-11-8-15-4-1-2-5-17(15)23)13-24-18-12-16(25(28)29)6-7-19(18)30-14-21(24)27/h1-2,4-8,11-12H,3,9-10,13-14H2,(H,22,26). The van der Waals surface area contributed by atoms with Crippen LogP contribution in [0.4, 0.5) is 11.4 Å². The molecule has 1 aromatic heterocycles. The van der Waals surface area contributed by atoms with E-state index in [0.717, 1.165) is 18.5 Å². The molecule has 0 spiro atoms. The quantitative estimate of drug-likeness (QED) is 0.367. The number of hydrogen-bond donors (Lipinski definition) is 1. The lowest BCUT2D eigenvalue weighted by Gasteiger charge is -2.28. The first-order chi connectivity index (χ1) is 14.5. The van der Waals surface area contributed by atoms with Crippen LogP contribution in [0, 0.1) is 10.1 Å². The summed E-state index contributed by atoms with van der Waals surface area (Å²) in [6, 6.07) is 14.1. The fraction of sp³-hybridized carbons (Fsp3) is 0.238. The van der Waals surface area contributed by atoms with Crippen LogP contribution in [-0.2, 0) is 16.1 Å². The minimum atomic E-state index is -0.553. The van der Waals surface area contributed by atoms with Crippen LogP contribution in [0.5, 0.6) is 5.75 Å². The normalized spacial score (nSPS) is 13.1. The van der Waals surface area contributed by atoms with Crippen molar-refractivity contribution in [3.63, 3.8) is 0 Å². The molecule has 9 nitrogen and oxygen atoms in total. The minimum absolute atomic E-state index is 0.170. The molecule has 0 atom stereocenters. The molecule has 2 amide bonds. The number of carbonyl (C=O) groups is 2. The van der Waals surface area contributed by atoms with E-state index in [1.807, 2.05) is 18.3 Å². The molecule has 1 aliphatic rings. The van der Waals surface area contributed by atoms with Crippen LogP contribution >= 0.6 is 0 Å². The highest BCUT2D eigenvalue weighted by Crippen LogP contribution is 2.35. The van der Waals surface area contributed by atoms with Gasteiger partial charge in [-0.25, -0.2) is 0 Å². The van der Waals surface area contributed by atoms with Crippen molar-refractivity contribution in [3.05, 3.63) is 64.8 Å². The first kappa shape index (κ1) is 19.4. The Morgan fingerprint density at radius 2 is 2.03 bits per heavy atom. The summed E-state index contributed by atoms with van der Waals surface area (Å²) >= 11 is 0. The molecule has 0 bridgehead atoms. The van der Waals surface area contributed by atoms with E-state index in [1.165, 1.54) is 28.5 Å². The van der Waals surface area contributed by atoms with Gasteiger partial charge in [0.2, 0.25) is 5.91 Å². The molecule has 9 heteroatoms. The van der Waals surface area contributed by atoms with E-state index in [1.54, 1.807) is 0 Å². The fourth-order valence-electron chi connectivity index (χ4n) is 3.49. The third-order valence-electron chi connectivity index (χ3n) is 4.98. The first-order valence-corrected chi connectivity index (χ1v) is 9.55. The van der Waals surface area contributed by atoms with Gasteiger partial charge in [-0.3, -0.25) is 24.6 Å². The molecule has 3 aromatic rings. The zero-order chi connectivity index (χ0) is 21.1. The Kier molecular flexibility index (Phi) is 5.34. The molecule has 0 aliphatic carbocycles. The van der Waals surface area contributed by atoms with Crippen molar-refractivity contribution in [1.29, 1.82) is 0 Å². The number of aryl methyl sites for hydroxylation is 1. The summed E-state index contributed by atoms with van der Waals surface area (Å²) in [5.74, 6) is -0.412. The highest BCUT2D eigenvalue weighted by molar-refractivity contribution is 6.02. The number of rotatable bonds is 7. The van der Waals surface area contributed by atoms with Crippen molar-refractivity contribution in [3.8, 4) is 5.75 Å². The lowest BCUT2D eigenvalue weighted by molar-refractivity contribution is -0.384. The summed E-state index contributed by atoms with van der Waals surface area (Å²) < 4.78 is 7.44. The summed E-state index contributed by atoms with van der Waals surface area (Å²) in [6.07, 6.45) is 2.74. The summed E-state index contributed by atoms with van der Waals surface area (Å²) in [7, 11) is 0. The summed E-state index contributed by atoms with van der Waals surface area (Å²) in [5.41, 5.74) is 1.20. The number of para-hydroxylation sites is 1. The molecule has 0 fully saturated rings. The predicted octanol–water partition coefficient (Wildman–Crippen LogP) is 2.48. The Balaban J connectivity index is 1.34. The molecule has 30 heavy (non-hydrogen) atoms. The molecular weight excluding hydrogens is 388 g/mol. The second-order valence-electron chi connectivity index (χ2n) is 6.95. The number of benzene rings is 2. The first-order valence-electron chi connectivity index (χ1n) is 9.55. The average molecular weight is 408 g/mol. The monoisotopic (exact) mass is 408 g/mol. The van der Waals surface area contributed by atoms with Crippen LogP contribution in [0.2, 0.25) is 0 Å². The number of anilines is 1. The highest BCUT2D eigenvalue weighted by atomic mass is 16.6. The number of amides is 2. The zero-order valence-corrected chi connectivity index (χ0v) is 16.1. The Bertz CT molecular complexity index is 1120. The molecule has 1 aliphatic heterocycles. The lowest BCUT2D eigenvalue weighted by Crippen LogP contribution is -2.45. The van der Waals surface area contributed by atoms with Gasteiger partial charge in [0, 0.05) is 36.9 Å². The molecule has 1 N–H and O–H groups in total. The Morgan fingerprint density at radius 3 is 2.87 bits per heavy atom. The smallest absolute Gasteiger partial charge is 0.271 e. The fourth-order valence-corrected chi connectivity index (χ4v) is 3.49.